The number of benzene rings is 1. The van der Waals surface area contributed by atoms with Crippen LogP contribution in [0.25, 0.3) is 16.4 Å². The second kappa shape index (κ2) is 7.69. The standard InChI is InChI=1S/C23H20N6O2/c24-12-15-4-3-11-29-19(13-25-21(15)29)23(31)26-16-9-7-14(8-10-16)20-17-5-1-2-6-18(17)22(30)28-27-20/h1-6,11,13-14,16H,7-10H2,(H,26,31)(H,28,30)/t14-,16-. The Morgan fingerprint density at radius 1 is 1.13 bits per heavy atom. The minimum Gasteiger partial charge on any atom is -0.348 e. The number of H-pyrrole nitrogens is 1. The highest BCUT2D eigenvalue weighted by atomic mass is 16.2. The van der Waals surface area contributed by atoms with E-state index >= 15 is 0 Å². The van der Waals surface area contributed by atoms with E-state index in [-0.39, 0.29) is 23.4 Å². The molecule has 4 aromatic rings. The average Bonchev–Trinajstić information content (AvgIpc) is 3.25. The number of hydrogen-bond donors (Lipinski definition) is 2. The lowest BCUT2D eigenvalue weighted by molar-refractivity contribution is 0.0919. The molecule has 0 aliphatic heterocycles. The first kappa shape index (κ1) is 19.0. The van der Waals surface area contributed by atoms with Crippen LogP contribution in [0, 0.1) is 11.3 Å². The van der Waals surface area contributed by atoms with Gasteiger partial charge in [-0.3, -0.25) is 14.0 Å². The van der Waals surface area contributed by atoms with Crippen LogP contribution in [-0.4, -0.2) is 31.5 Å². The van der Waals surface area contributed by atoms with Crippen molar-refractivity contribution >= 4 is 22.3 Å². The Kier molecular flexibility index (Phi) is 4.71. The van der Waals surface area contributed by atoms with Gasteiger partial charge < -0.3 is 5.32 Å². The zero-order valence-corrected chi connectivity index (χ0v) is 16.7. The number of nitrogens with one attached hydrogen (secondary N) is 2. The Balaban J connectivity index is 1.30. The number of hydrogen-bond acceptors (Lipinski definition) is 5. The molecule has 8 nitrogen and oxygen atoms in total. The highest BCUT2D eigenvalue weighted by Gasteiger charge is 2.27. The van der Waals surface area contributed by atoms with Gasteiger partial charge in [0.1, 0.15) is 11.8 Å². The van der Waals surface area contributed by atoms with E-state index in [1.165, 1.54) is 6.20 Å². The highest BCUT2D eigenvalue weighted by Crippen LogP contribution is 2.34. The topological polar surface area (TPSA) is 116 Å². The number of nitriles is 1. The van der Waals surface area contributed by atoms with Gasteiger partial charge in [0, 0.05) is 23.5 Å². The third kappa shape index (κ3) is 3.34. The van der Waals surface area contributed by atoms with E-state index < -0.39 is 0 Å². The van der Waals surface area contributed by atoms with Crippen LogP contribution >= 0.6 is 0 Å². The van der Waals surface area contributed by atoms with Crippen LogP contribution in [0.15, 0.2) is 53.6 Å². The largest absolute Gasteiger partial charge is 0.348 e. The minimum atomic E-state index is -0.196. The van der Waals surface area contributed by atoms with Crippen molar-refractivity contribution in [2.75, 3.05) is 0 Å². The summed E-state index contributed by atoms with van der Waals surface area (Å²) in [6, 6.07) is 13.1. The molecule has 154 valence electrons. The van der Waals surface area contributed by atoms with Gasteiger partial charge in [0.2, 0.25) is 0 Å². The summed E-state index contributed by atoms with van der Waals surface area (Å²) in [4.78, 5) is 29.1. The summed E-state index contributed by atoms with van der Waals surface area (Å²) in [6.45, 7) is 0. The molecule has 1 saturated carbocycles. The monoisotopic (exact) mass is 412 g/mol. The van der Waals surface area contributed by atoms with Gasteiger partial charge in [0.05, 0.1) is 22.8 Å². The lowest BCUT2D eigenvalue weighted by Gasteiger charge is -2.29. The van der Waals surface area contributed by atoms with Crippen molar-refractivity contribution in [3.05, 3.63) is 76.1 Å². The van der Waals surface area contributed by atoms with Gasteiger partial charge in [-0.1, -0.05) is 18.2 Å². The molecule has 0 atom stereocenters. The maximum absolute atomic E-state index is 12.8. The van der Waals surface area contributed by atoms with Crippen molar-refractivity contribution in [1.82, 2.24) is 24.9 Å². The summed E-state index contributed by atoms with van der Waals surface area (Å²) >= 11 is 0. The first-order valence-corrected chi connectivity index (χ1v) is 10.3. The van der Waals surface area contributed by atoms with Gasteiger partial charge in [-0.25, -0.2) is 10.1 Å². The lowest BCUT2D eigenvalue weighted by Crippen LogP contribution is -2.38. The maximum Gasteiger partial charge on any atom is 0.272 e. The SMILES string of the molecule is N#Cc1cccn2c(C(=O)N[C@H]3CC[C@H](c4n[nH]c(=O)c5ccccc54)CC3)cnc12. The number of carbonyl (C=O) groups excluding carboxylic acids is 1. The van der Waals surface area contributed by atoms with Gasteiger partial charge in [-0.2, -0.15) is 10.4 Å². The molecule has 31 heavy (non-hydrogen) atoms. The number of imidazole rings is 1. The van der Waals surface area contributed by atoms with Crippen molar-refractivity contribution in [1.29, 1.82) is 5.26 Å². The summed E-state index contributed by atoms with van der Waals surface area (Å²) in [5.41, 5.74) is 2.08. The van der Waals surface area contributed by atoms with Crippen LogP contribution < -0.4 is 10.9 Å². The first-order valence-electron chi connectivity index (χ1n) is 10.3. The van der Waals surface area contributed by atoms with Crippen molar-refractivity contribution in [3.8, 4) is 6.07 Å². The van der Waals surface area contributed by atoms with E-state index in [0.29, 0.717) is 22.3 Å². The third-order valence-electron chi connectivity index (χ3n) is 6.06. The summed E-state index contributed by atoms with van der Waals surface area (Å²) < 4.78 is 1.65. The summed E-state index contributed by atoms with van der Waals surface area (Å²) in [7, 11) is 0. The molecule has 1 aliphatic rings. The van der Waals surface area contributed by atoms with Crippen molar-refractivity contribution in [3.63, 3.8) is 0 Å². The van der Waals surface area contributed by atoms with Crippen LogP contribution in [0.2, 0.25) is 0 Å². The zero-order chi connectivity index (χ0) is 21.4. The van der Waals surface area contributed by atoms with Crippen LogP contribution in [0.3, 0.4) is 0 Å². The number of rotatable bonds is 3. The van der Waals surface area contributed by atoms with Gasteiger partial charge in [-0.05, 0) is 43.9 Å². The predicted molar refractivity (Wildman–Crippen MR) is 115 cm³/mol. The summed E-state index contributed by atoms with van der Waals surface area (Å²) in [6.07, 6.45) is 6.65. The molecular formula is C23H20N6O2. The van der Waals surface area contributed by atoms with E-state index in [1.807, 2.05) is 24.3 Å². The molecule has 3 aromatic heterocycles. The summed E-state index contributed by atoms with van der Waals surface area (Å²) in [5.74, 6) is 0.0440. The zero-order valence-electron chi connectivity index (χ0n) is 16.7. The Labute approximate surface area is 177 Å². The van der Waals surface area contributed by atoms with Gasteiger partial charge in [0.25, 0.3) is 11.5 Å². The maximum atomic E-state index is 12.8. The second-order valence-electron chi connectivity index (χ2n) is 7.88. The fourth-order valence-electron chi connectivity index (χ4n) is 4.48. The van der Waals surface area contributed by atoms with Gasteiger partial charge in [0.15, 0.2) is 5.65 Å². The first-order chi connectivity index (χ1) is 15.2. The molecule has 1 amide bonds. The molecule has 2 N–H and O–H groups in total. The highest BCUT2D eigenvalue weighted by molar-refractivity contribution is 5.93. The quantitative estimate of drug-likeness (QED) is 0.537. The number of aromatic nitrogens is 4. The van der Waals surface area contributed by atoms with Crippen molar-refractivity contribution in [2.45, 2.75) is 37.6 Å². The van der Waals surface area contributed by atoms with E-state index in [0.717, 1.165) is 36.8 Å². The Morgan fingerprint density at radius 2 is 1.90 bits per heavy atom. The number of carbonyl (C=O) groups is 1. The van der Waals surface area contributed by atoms with E-state index in [1.54, 1.807) is 22.7 Å². The van der Waals surface area contributed by atoms with Crippen LogP contribution in [0.5, 0.6) is 0 Å². The smallest absolute Gasteiger partial charge is 0.272 e. The minimum absolute atomic E-state index is 0.0578. The van der Waals surface area contributed by atoms with E-state index in [9.17, 15) is 14.9 Å². The molecule has 1 aliphatic carbocycles. The number of aromatic amines is 1. The molecule has 0 radical (unpaired) electrons. The van der Waals surface area contributed by atoms with Gasteiger partial charge >= 0.3 is 0 Å². The van der Waals surface area contributed by atoms with Crippen molar-refractivity contribution < 1.29 is 4.79 Å². The number of pyridine rings is 1. The fourth-order valence-corrected chi connectivity index (χ4v) is 4.48. The molecule has 5 rings (SSSR count). The Hall–Kier alpha value is -3.99. The Bertz CT molecular complexity index is 1390. The number of nitrogens with zero attached hydrogens (tertiary/aromatic N) is 4. The third-order valence-corrected chi connectivity index (χ3v) is 6.06. The average molecular weight is 412 g/mol. The second-order valence-corrected chi connectivity index (χ2v) is 7.88. The van der Waals surface area contributed by atoms with Crippen LogP contribution in [0.1, 0.15) is 53.3 Å². The molecule has 0 bridgehead atoms. The molecular weight excluding hydrogens is 392 g/mol. The van der Waals surface area contributed by atoms with Gasteiger partial charge in [-0.15, -0.1) is 0 Å². The molecule has 3 heterocycles. The van der Waals surface area contributed by atoms with Crippen LogP contribution in [0.4, 0.5) is 0 Å². The number of fused-ring (bicyclic) bond motifs is 2. The fraction of sp³-hybridized carbons (Fsp3) is 0.261. The van der Waals surface area contributed by atoms with E-state index in [2.05, 4.69) is 26.6 Å². The molecule has 1 aromatic carbocycles. The molecule has 1 fully saturated rings. The molecule has 0 spiro atoms. The molecule has 8 heteroatoms. The predicted octanol–water partition coefficient (Wildman–Crippen LogP) is 2.90. The Morgan fingerprint density at radius 3 is 2.68 bits per heavy atom. The van der Waals surface area contributed by atoms with Crippen molar-refractivity contribution in [2.24, 2.45) is 0 Å². The van der Waals surface area contributed by atoms with Crippen LogP contribution in [-0.2, 0) is 0 Å². The molecule has 0 saturated heterocycles. The lowest BCUT2D eigenvalue weighted by atomic mass is 9.82. The molecule has 0 unspecified atom stereocenters. The van der Waals surface area contributed by atoms with E-state index in [4.69, 9.17) is 0 Å². The normalized spacial score (nSPS) is 18.7. The summed E-state index contributed by atoms with van der Waals surface area (Å²) in [5, 5.41) is 20.8. The number of amides is 1.